The van der Waals surface area contributed by atoms with E-state index in [4.69, 9.17) is 4.74 Å². The Morgan fingerprint density at radius 1 is 1.29 bits per heavy atom. The standard InChI is InChI=1S/C21H25N3O6S/c1-4-14(3)22-21(27)30-19-8-5-13(2)9-16(19)10-15-6-7-17(18(25)11-15)24-12-20(26)23-31(24,28)29/h5-9,11,14,25H,4,10,12H2,1-3H3,(H,22,27)(H,23,26). The van der Waals surface area contributed by atoms with Crippen LogP contribution in [0.15, 0.2) is 36.4 Å². The first kappa shape index (κ1) is 22.4. The van der Waals surface area contributed by atoms with Crippen molar-refractivity contribution in [1.82, 2.24) is 10.0 Å². The zero-order valence-electron chi connectivity index (χ0n) is 17.5. The van der Waals surface area contributed by atoms with Gasteiger partial charge in [-0.3, -0.25) is 4.79 Å². The van der Waals surface area contributed by atoms with E-state index in [1.807, 2.05) is 37.6 Å². The van der Waals surface area contributed by atoms with Gasteiger partial charge in [-0.2, -0.15) is 8.42 Å². The van der Waals surface area contributed by atoms with Gasteiger partial charge in [-0.25, -0.2) is 13.8 Å². The predicted molar refractivity (Wildman–Crippen MR) is 115 cm³/mol. The van der Waals surface area contributed by atoms with E-state index in [-0.39, 0.29) is 17.5 Å². The topological polar surface area (TPSA) is 125 Å². The molecule has 166 valence electrons. The minimum atomic E-state index is -4.01. The molecule has 0 saturated carbocycles. The highest BCUT2D eigenvalue weighted by atomic mass is 32.2. The number of hydrogen-bond donors (Lipinski definition) is 3. The number of nitrogens with one attached hydrogen (secondary N) is 2. The fourth-order valence-corrected chi connectivity index (χ4v) is 4.31. The maximum Gasteiger partial charge on any atom is 0.412 e. The number of amides is 2. The van der Waals surface area contributed by atoms with Gasteiger partial charge >= 0.3 is 16.3 Å². The molecule has 1 saturated heterocycles. The second kappa shape index (κ2) is 8.84. The van der Waals surface area contributed by atoms with Crippen molar-refractivity contribution in [3.05, 3.63) is 53.1 Å². The van der Waals surface area contributed by atoms with Crippen molar-refractivity contribution in [3.63, 3.8) is 0 Å². The van der Waals surface area contributed by atoms with Crippen LogP contribution in [-0.2, 0) is 21.4 Å². The lowest BCUT2D eigenvalue weighted by molar-refractivity contribution is -0.117. The van der Waals surface area contributed by atoms with Gasteiger partial charge in [0.25, 0.3) is 5.91 Å². The van der Waals surface area contributed by atoms with Gasteiger partial charge < -0.3 is 15.2 Å². The summed E-state index contributed by atoms with van der Waals surface area (Å²) in [4.78, 5) is 23.6. The molecular formula is C21H25N3O6S. The molecule has 0 radical (unpaired) electrons. The third-order valence-electron chi connectivity index (χ3n) is 4.92. The van der Waals surface area contributed by atoms with E-state index in [0.29, 0.717) is 17.7 Å². The van der Waals surface area contributed by atoms with Crippen LogP contribution in [-0.4, -0.2) is 38.1 Å². The van der Waals surface area contributed by atoms with Gasteiger partial charge in [0.05, 0.1) is 5.69 Å². The molecule has 0 bridgehead atoms. The number of hydrogen-bond acceptors (Lipinski definition) is 6. The summed E-state index contributed by atoms with van der Waals surface area (Å²) in [6.45, 7) is 5.36. The van der Waals surface area contributed by atoms with E-state index >= 15 is 0 Å². The maximum absolute atomic E-state index is 12.1. The van der Waals surface area contributed by atoms with Crippen LogP contribution in [0.2, 0.25) is 0 Å². The third kappa shape index (κ3) is 5.26. The number of rotatable bonds is 6. The van der Waals surface area contributed by atoms with Crippen molar-refractivity contribution in [2.75, 3.05) is 10.8 Å². The molecule has 2 amide bonds. The maximum atomic E-state index is 12.1. The van der Waals surface area contributed by atoms with Gasteiger partial charge in [0.15, 0.2) is 0 Å². The highest BCUT2D eigenvalue weighted by Crippen LogP contribution is 2.33. The van der Waals surface area contributed by atoms with Gasteiger partial charge in [0.1, 0.15) is 18.0 Å². The zero-order chi connectivity index (χ0) is 22.8. The molecule has 0 aliphatic carbocycles. The van der Waals surface area contributed by atoms with Crippen molar-refractivity contribution in [3.8, 4) is 11.5 Å². The second-order valence-electron chi connectivity index (χ2n) is 7.49. The number of benzene rings is 2. The van der Waals surface area contributed by atoms with Crippen LogP contribution in [0.4, 0.5) is 10.5 Å². The lowest BCUT2D eigenvalue weighted by atomic mass is 10.0. The number of aromatic hydroxyl groups is 1. The molecule has 0 spiro atoms. The summed E-state index contributed by atoms with van der Waals surface area (Å²) in [5.74, 6) is -0.546. The molecule has 2 aromatic carbocycles. The fraction of sp³-hybridized carbons (Fsp3) is 0.333. The van der Waals surface area contributed by atoms with Gasteiger partial charge in [-0.1, -0.05) is 30.7 Å². The van der Waals surface area contributed by atoms with Crippen molar-refractivity contribution in [2.24, 2.45) is 0 Å². The average molecular weight is 448 g/mol. The van der Waals surface area contributed by atoms with E-state index in [1.54, 1.807) is 12.1 Å². The van der Waals surface area contributed by atoms with E-state index < -0.39 is 28.8 Å². The quantitative estimate of drug-likeness (QED) is 0.624. The van der Waals surface area contributed by atoms with Crippen LogP contribution >= 0.6 is 0 Å². The molecule has 1 heterocycles. The summed E-state index contributed by atoms with van der Waals surface area (Å²) in [5.41, 5.74) is 2.39. The van der Waals surface area contributed by atoms with Gasteiger partial charge in [0, 0.05) is 12.5 Å². The van der Waals surface area contributed by atoms with Gasteiger partial charge in [0.2, 0.25) is 0 Å². The average Bonchev–Trinajstić information content (AvgIpc) is 2.95. The van der Waals surface area contributed by atoms with Crippen LogP contribution in [0.3, 0.4) is 0 Å². The number of phenolic OH excluding ortho intramolecular Hbond substituents is 1. The van der Waals surface area contributed by atoms with Crippen LogP contribution in [0, 0.1) is 6.92 Å². The van der Waals surface area contributed by atoms with E-state index in [0.717, 1.165) is 21.9 Å². The molecule has 3 rings (SSSR count). The Bertz CT molecular complexity index is 1120. The van der Waals surface area contributed by atoms with E-state index in [9.17, 15) is 23.1 Å². The first-order valence-electron chi connectivity index (χ1n) is 9.82. The molecule has 0 aromatic heterocycles. The minimum Gasteiger partial charge on any atom is -0.506 e. The lowest BCUT2D eigenvalue weighted by Gasteiger charge is -2.17. The monoisotopic (exact) mass is 447 g/mol. The predicted octanol–water partition coefficient (Wildman–Crippen LogP) is 2.36. The Morgan fingerprint density at radius 3 is 2.65 bits per heavy atom. The molecule has 2 aromatic rings. The highest BCUT2D eigenvalue weighted by Gasteiger charge is 2.35. The van der Waals surface area contributed by atoms with Crippen LogP contribution in [0.1, 0.15) is 37.0 Å². The Balaban J connectivity index is 1.83. The molecule has 1 fully saturated rings. The zero-order valence-corrected chi connectivity index (χ0v) is 18.3. The van der Waals surface area contributed by atoms with Crippen LogP contribution in [0.5, 0.6) is 11.5 Å². The summed E-state index contributed by atoms with van der Waals surface area (Å²) >= 11 is 0. The fourth-order valence-electron chi connectivity index (χ4n) is 3.15. The lowest BCUT2D eigenvalue weighted by Crippen LogP contribution is -2.34. The number of phenols is 1. The smallest absolute Gasteiger partial charge is 0.412 e. The van der Waals surface area contributed by atoms with Crippen molar-refractivity contribution >= 4 is 27.9 Å². The number of carbonyl (C=O) groups is 2. The highest BCUT2D eigenvalue weighted by molar-refractivity contribution is 7.92. The van der Waals surface area contributed by atoms with Crippen molar-refractivity contribution < 1.29 is 27.9 Å². The summed E-state index contributed by atoms with van der Waals surface area (Å²) in [6.07, 6.45) is 0.565. The van der Waals surface area contributed by atoms with Crippen LogP contribution < -0.4 is 19.1 Å². The summed E-state index contributed by atoms with van der Waals surface area (Å²) < 4.78 is 32.2. The first-order chi connectivity index (χ1) is 14.6. The minimum absolute atomic E-state index is 0.00995. The molecular weight excluding hydrogens is 422 g/mol. The Kier molecular flexibility index (Phi) is 6.40. The summed E-state index contributed by atoms with van der Waals surface area (Å²) in [6, 6.07) is 9.92. The first-order valence-corrected chi connectivity index (χ1v) is 11.3. The number of ether oxygens (including phenoxy) is 1. The largest absolute Gasteiger partial charge is 0.506 e. The Morgan fingerprint density at radius 2 is 2.03 bits per heavy atom. The third-order valence-corrected chi connectivity index (χ3v) is 6.31. The molecule has 10 heteroatoms. The molecule has 1 unspecified atom stereocenters. The second-order valence-corrected chi connectivity index (χ2v) is 9.09. The number of carbonyl (C=O) groups excluding carboxylic acids is 2. The van der Waals surface area contributed by atoms with E-state index in [2.05, 4.69) is 5.32 Å². The number of aryl methyl sites for hydroxylation is 1. The summed E-state index contributed by atoms with van der Waals surface area (Å²) in [5, 5.41) is 13.1. The molecule has 1 atom stereocenters. The molecule has 9 nitrogen and oxygen atoms in total. The summed E-state index contributed by atoms with van der Waals surface area (Å²) in [7, 11) is -4.01. The van der Waals surface area contributed by atoms with Crippen molar-refractivity contribution in [1.29, 1.82) is 0 Å². The van der Waals surface area contributed by atoms with Gasteiger partial charge in [-0.05, 0) is 49.6 Å². The Labute approximate surface area is 181 Å². The molecule has 3 N–H and O–H groups in total. The van der Waals surface area contributed by atoms with E-state index in [1.165, 1.54) is 12.1 Å². The molecule has 1 aliphatic heterocycles. The number of nitrogens with zero attached hydrogens (tertiary/aromatic N) is 1. The number of anilines is 1. The van der Waals surface area contributed by atoms with Gasteiger partial charge in [-0.15, -0.1) is 0 Å². The Hall–Kier alpha value is -3.27. The molecule has 1 aliphatic rings. The SMILES string of the molecule is CCC(C)NC(=O)Oc1ccc(C)cc1Cc1ccc(N2CC(=O)NS2(=O)=O)c(O)c1. The van der Waals surface area contributed by atoms with Crippen LogP contribution in [0.25, 0.3) is 0 Å². The molecule has 31 heavy (non-hydrogen) atoms. The van der Waals surface area contributed by atoms with Crippen molar-refractivity contribution in [2.45, 2.75) is 39.7 Å². The normalized spacial score (nSPS) is 16.0.